The molecule has 0 bridgehead atoms. The molecule has 1 fully saturated rings. The summed E-state index contributed by atoms with van der Waals surface area (Å²) >= 11 is 0. The molecule has 1 aliphatic rings. The van der Waals surface area contributed by atoms with Crippen molar-refractivity contribution < 1.29 is 4.74 Å². The van der Waals surface area contributed by atoms with Crippen LogP contribution in [-0.4, -0.2) is 68.8 Å². The molecule has 0 saturated carbocycles. The molecule has 2 N–H and O–H groups in total. The van der Waals surface area contributed by atoms with Crippen LogP contribution in [0.2, 0.25) is 0 Å². The zero-order valence-electron chi connectivity index (χ0n) is 12.2. The lowest BCUT2D eigenvalue weighted by Crippen LogP contribution is -2.49. The van der Waals surface area contributed by atoms with Crippen LogP contribution in [-0.2, 0) is 4.74 Å². The van der Waals surface area contributed by atoms with E-state index in [9.17, 15) is 0 Å². The third kappa shape index (κ3) is 6.14. The topological polar surface area (TPSA) is 41.7 Å². The highest BCUT2D eigenvalue weighted by molar-refractivity contribution is 4.76. The van der Waals surface area contributed by atoms with Gasteiger partial charge in [0.1, 0.15) is 0 Å². The van der Waals surface area contributed by atoms with Crippen molar-refractivity contribution in [2.45, 2.75) is 38.6 Å². The van der Waals surface area contributed by atoms with E-state index >= 15 is 0 Å². The number of nitrogens with two attached hydrogens (primary N) is 1. The first-order chi connectivity index (χ1) is 8.77. The molecule has 1 atom stereocenters. The number of ether oxygens (including phenoxy) is 1. The Hall–Kier alpha value is -0.160. The monoisotopic (exact) mass is 257 g/mol. The number of hydrogen-bond acceptors (Lipinski definition) is 4. The van der Waals surface area contributed by atoms with Crippen molar-refractivity contribution in [2.24, 2.45) is 5.73 Å². The van der Waals surface area contributed by atoms with E-state index in [4.69, 9.17) is 10.5 Å². The van der Waals surface area contributed by atoms with Crippen LogP contribution in [0.1, 0.15) is 32.6 Å². The van der Waals surface area contributed by atoms with Crippen molar-refractivity contribution in [1.29, 1.82) is 0 Å². The Balaban J connectivity index is 2.08. The van der Waals surface area contributed by atoms with Gasteiger partial charge in [-0.05, 0) is 39.3 Å². The lowest BCUT2D eigenvalue weighted by molar-refractivity contribution is 0.0819. The molecule has 4 nitrogen and oxygen atoms in total. The second-order valence-electron chi connectivity index (χ2n) is 5.36. The van der Waals surface area contributed by atoms with Crippen molar-refractivity contribution in [3.05, 3.63) is 0 Å². The molecule has 0 aromatic carbocycles. The maximum absolute atomic E-state index is 5.51. The third-order valence-corrected chi connectivity index (χ3v) is 3.95. The average molecular weight is 257 g/mol. The van der Waals surface area contributed by atoms with Gasteiger partial charge in [-0.3, -0.25) is 4.90 Å². The largest absolute Gasteiger partial charge is 0.385 e. The van der Waals surface area contributed by atoms with Gasteiger partial charge in [0.15, 0.2) is 0 Å². The summed E-state index contributed by atoms with van der Waals surface area (Å²) in [4.78, 5) is 5.19. The van der Waals surface area contributed by atoms with E-state index in [1.165, 1.54) is 52.0 Å². The Morgan fingerprint density at radius 3 is 2.44 bits per heavy atom. The van der Waals surface area contributed by atoms with E-state index in [0.29, 0.717) is 6.04 Å². The highest BCUT2D eigenvalue weighted by Crippen LogP contribution is 2.10. The number of rotatable bonds is 9. The van der Waals surface area contributed by atoms with Gasteiger partial charge in [0, 0.05) is 45.9 Å². The summed E-state index contributed by atoms with van der Waals surface area (Å²) < 4.78 is 5.15. The van der Waals surface area contributed by atoms with E-state index in [1.807, 2.05) is 0 Å². The number of piperazine rings is 1. The predicted octanol–water partition coefficient (Wildman–Crippen LogP) is 1.16. The van der Waals surface area contributed by atoms with Crippen LogP contribution in [0.5, 0.6) is 0 Å². The summed E-state index contributed by atoms with van der Waals surface area (Å²) in [5.41, 5.74) is 5.51. The van der Waals surface area contributed by atoms with Gasteiger partial charge in [-0.1, -0.05) is 6.42 Å². The van der Waals surface area contributed by atoms with Gasteiger partial charge in [-0.15, -0.1) is 0 Å². The molecule has 0 aromatic rings. The number of methoxy groups -OCH3 is 1. The van der Waals surface area contributed by atoms with Crippen molar-refractivity contribution in [3.8, 4) is 0 Å². The van der Waals surface area contributed by atoms with Crippen LogP contribution < -0.4 is 5.73 Å². The van der Waals surface area contributed by atoms with Gasteiger partial charge in [0.25, 0.3) is 0 Å². The van der Waals surface area contributed by atoms with E-state index in [1.54, 1.807) is 7.11 Å². The fraction of sp³-hybridized carbons (Fsp3) is 1.00. The number of unbranched alkanes of at least 4 members (excludes halogenated alkanes) is 2. The van der Waals surface area contributed by atoms with Crippen molar-refractivity contribution in [3.63, 3.8) is 0 Å². The first-order valence-electron chi connectivity index (χ1n) is 7.43. The lowest BCUT2D eigenvalue weighted by Gasteiger charge is -2.38. The van der Waals surface area contributed by atoms with E-state index in [-0.39, 0.29) is 0 Å². The van der Waals surface area contributed by atoms with Crippen molar-refractivity contribution >= 4 is 0 Å². The Kier molecular flexibility index (Phi) is 8.59. The summed E-state index contributed by atoms with van der Waals surface area (Å²) in [6.07, 6.45) is 4.90. The summed E-state index contributed by atoms with van der Waals surface area (Å²) in [6, 6.07) is 0.657. The first-order valence-corrected chi connectivity index (χ1v) is 7.43. The van der Waals surface area contributed by atoms with Gasteiger partial charge in [-0.25, -0.2) is 0 Å². The number of nitrogens with zero attached hydrogens (tertiary/aromatic N) is 2. The molecule has 1 aliphatic heterocycles. The lowest BCUT2D eigenvalue weighted by atomic mass is 10.1. The maximum atomic E-state index is 5.51. The molecule has 1 heterocycles. The summed E-state index contributed by atoms with van der Waals surface area (Å²) in [5.74, 6) is 0. The second-order valence-corrected chi connectivity index (χ2v) is 5.36. The minimum atomic E-state index is 0.657. The van der Waals surface area contributed by atoms with Gasteiger partial charge >= 0.3 is 0 Å². The van der Waals surface area contributed by atoms with Crippen LogP contribution >= 0.6 is 0 Å². The van der Waals surface area contributed by atoms with E-state index in [2.05, 4.69) is 16.7 Å². The molecular weight excluding hydrogens is 226 g/mol. The van der Waals surface area contributed by atoms with Crippen molar-refractivity contribution in [1.82, 2.24) is 9.80 Å². The van der Waals surface area contributed by atoms with Crippen LogP contribution in [0, 0.1) is 0 Å². The highest BCUT2D eigenvalue weighted by atomic mass is 16.5. The molecule has 1 saturated heterocycles. The minimum absolute atomic E-state index is 0.657. The van der Waals surface area contributed by atoms with Gasteiger partial charge in [0.2, 0.25) is 0 Å². The quantitative estimate of drug-likeness (QED) is 0.629. The Morgan fingerprint density at radius 1 is 1.11 bits per heavy atom. The molecule has 0 aliphatic carbocycles. The third-order valence-electron chi connectivity index (χ3n) is 3.95. The smallest absolute Gasteiger partial charge is 0.0477 e. The van der Waals surface area contributed by atoms with Crippen LogP contribution in [0.4, 0.5) is 0 Å². The van der Waals surface area contributed by atoms with Gasteiger partial charge in [0.05, 0.1) is 0 Å². The van der Waals surface area contributed by atoms with Crippen LogP contribution in [0.3, 0.4) is 0 Å². The molecule has 0 spiro atoms. The maximum Gasteiger partial charge on any atom is 0.0477 e. The van der Waals surface area contributed by atoms with Crippen LogP contribution in [0.15, 0.2) is 0 Å². The van der Waals surface area contributed by atoms with Crippen molar-refractivity contribution in [2.75, 3.05) is 53.0 Å². The number of hydrogen-bond donors (Lipinski definition) is 1. The standard InChI is InChI=1S/C14H31N3O/c1-14(6-13-18-2)17-11-9-16(10-12-17)8-5-3-4-7-15/h14H,3-13,15H2,1-2H3. The second kappa shape index (κ2) is 9.73. The van der Waals surface area contributed by atoms with Crippen LogP contribution in [0.25, 0.3) is 0 Å². The minimum Gasteiger partial charge on any atom is -0.385 e. The Bertz CT molecular complexity index is 193. The van der Waals surface area contributed by atoms with Gasteiger partial charge in [-0.2, -0.15) is 0 Å². The fourth-order valence-electron chi connectivity index (χ4n) is 2.56. The zero-order chi connectivity index (χ0) is 13.2. The summed E-state index contributed by atoms with van der Waals surface area (Å²) in [6.45, 7) is 10.1. The normalized spacial score (nSPS) is 20.2. The molecule has 108 valence electrons. The molecule has 1 rings (SSSR count). The zero-order valence-corrected chi connectivity index (χ0v) is 12.2. The Labute approximate surface area is 112 Å². The van der Waals surface area contributed by atoms with Gasteiger partial charge < -0.3 is 15.4 Å². The molecule has 1 unspecified atom stereocenters. The first kappa shape index (κ1) is 15.9. The SMILES string of the molecule is COCCC(C)N1CCN(CCCCCN)CC1. The summed E-state index contributed by atoms with van der Waals surface area (Å²) in [7, 11) is 1.78. The predicted molar refractivity (Wildman–Crippen MR) is 76.9 cm³/mol. The molecule has 0 aromatic heterocycles. The molecular formula is C14H31N3O. The Morgan fingerprint density at radius 2 is 1.83 bits per heavy atom. The fourth-order valence-corrected chi connectivity index (χ4v) is 2.56. The van der Waals surface area contributed by atoms with E-state index in [0.717, 1.165) is 19.6 Å². The molecule has 0 amide bonds. The highest BCUT2D eigenvalue weighted by Gasteiger charge is 2.20. The summed E-state index contributed by atoms with van der Waals surface area (Å²) in [5, 5.41) is 0. The molecule has 18 heavy (non-hydrogen) atoms. The molecule has 4 heteroatoms. The van der Waals surface area contributed by atoms with E-state index < -0.39 is 0 Å². The average Bonchev–Trinajstić information content (AvgIpc) is 2.41. The molecule has 0 radical (unpaired) electrons.